The summed E-state index contributed by atoms with van der Waals surface area (Å²) in [7, 11) is 0. The Balaban J connectivity index is 0.00000176. The first-order valence-electron chi connectivity index (χ1n) is 7.61. The second-order valence-electron chi connectivity index (χ2n) is 5.87. The Kier molecular flexibility index (Phi) is 6.01. The van der Waals surface area contributed by atoms with Gasteiger partial charge >= 0.3 is 0 Å². The molecule has 1 spiro atoms. The minimum atomic E-state index is 0. The molecule has 22 heavy (non-hydrogen) atoms. The van der Waals surface area contributed by atoms with E-state index in [4.69, 9.17) is 9.26 Å². The quantitative estimate of drug-likeness (QED) is 0.454. The van der Waals surface area contributed by atoms with E-state index in [0.29, 0.717) is 23.7 Å². The minimum absolute atomic E-state index is 0. The summed E-state index contributed by atoms with van der Waals surface area (Å²) < 4.78 is 10.6. The summed E-state index contributed by atoms with van der Waals surface area (Å²) in [5.74, 6) is 2.14. The number of rotatable bonds is 3. The summed E-state index contributed by atoms with van der Waals surface area (Å²) in [6.07, 6.45) is 2.34. The Morgan fingerprint density at radius 3 is 2.95 bits per heavy atom. The van der Waals surface area contributed by atoms with Crippen LogP contribution in [0.5, 0.6) is 0 Å². The third-order valence-electron chi connectivity index (χ3n) is 4.20. The van der Waals surface area contributed by atoms with Crippen molar-refractivity contribution in [2.45, 2.75) is 33.2 Å². The van der Waals surface area contributed by atoms with E-state index in [1.807, 2.05) is 0 Å². The van der Waals surface area contributed by atoms with Crippen molar-refractivity contribution in [1.29, 1.82) is 0 Å². The first-order valence-corrected chi connectivity index (χ1v) is 7.61. The summed E-state index contributed by atoms with van der Waals surface area (Å²) >= 11 is 0. The lowest BCUT2D eigenvalue weighted by molar-refractivity contribution is 0.156. The molecule has 1 atom stereocenters. The molecule has 0 saturated carbocycles. The van der Waals surface area contributed by atoms with Crippen LogP contribution in [0.15, 0.2) is 9.52 Å². The number of halogens is 1. The number of nitrogens with zero attached hydrogens (tertiary/aromatic N) is 4. The highest BCUT2D eigenvalue weighted by atomic mass is 127. The molecule has 3 heterocycles. The Hall–Kier alpha value is -0.900. The number of aliphatic imine (C=N–C) groups is 1. The van der Waals surface area contributed by atoms with Gasteiger partial charge in [0.05, 0.1) is 6.61 Å². The molecule has 2 fully saturated rings. The zero-order chi connectivity index (χ0) is 14.7. The monoisotopic (exact) mass is 421 g/mol. The molecular formula is C14H24IN5O2. The predicted octanol–water partition coefficient (Wildman–Crippen LogP) is 1.57. The molecule has 2 aliphatic heterocycles. The smallest absolute Gasteiger partial charge is 0.223 e. The zero-order valence-electron chi connectivity index (χ0n) is 13.2. The molecule has 1 unspecified atom stereocenters. The average Bonchev–Trinajstić information content (AvgIpc) is 3.19. The third kappa shape index (κ3) is 3.89. The highest BCUT2D eigenvalue weighted by molar-refractivity contribution is 14.0. The van der Waals surface area contributed by atoms with Crippen molar-refractivity contribution in [3.63, 3.8) is 0 Å². The summed E-state index contributed by atoms with van der Waals surface area (Å²) in [4.78, 5) is 11.2. The van der Waals surface area contributed by atoms with Crippen LogP contribution in [0, 0.1) is 12.3 Å². The number of aromatic nitrogens is 2. The van der Waals surface area contributed by atoms with Crippen molar-refractivity contribution in [1.82, 2.24) is 20.4 Å². The fourth-order valence-corrected chi connectivity index (χ4v) is 3.06. The molecule has 3 rings (SSSR count). The molecule has 7 nitrogen and oxygen atoms in total. The van der Waals surface area contributed by atoms with Gasteiger partial charge in [0.25, 0.3) is 0 Å². The van der Waals surface area contributed by atoms with E-state index in [9.17, 15) is 0 Å². The van der Waals surface area contributed by atoms with Crippen molar-refractivity contribution in [2.75, 3.05) is 32.8 Å². The highest BCUT2D eigenvalue weighted by Crippen LogP contribution is 2.38. The van der Waals surface area contributed by atoms with Crippen molar-refractivity contribution >= 4 is 29.9 Å². The van der Waals surface area contributed by atoms with Crippen LogP contribution < -0.4 is 5.32 Å². The maximum atomic E-state index is 5.58. The van der Waals surface area contributed by atoms with E-state index in [1.165, 1.54) is 6.42 Å². The Morgan fingerprint density at radius 1 is 1.45 bits per heavy atom. The maximum Gasteiger partial charge on any atom is 0.223 e. The van der Waals surface area contributed by atoms with Crippen LogP contribution in [0.4, 0.5) is 0 Å². The second kappa shape index (κ2) is 7.58. The van der Waals surface area contributed by atoms with Gasteiger partial charge in [-0.1, -0.05) is 5.16 Å². The fraction of sp³-hybridized carbons (Fsp3) is 0.786. The van der Waals surface area contributed by atoms with Crippen LogP contribution in [-0.2, 0) is 11.3 Å². The number of likely N-dealkylation sites (tertiary alicyclic amines) is 1. The molecular weight excluding hydrogens is 397 g/mol. The molecule has 0 aliphatic carbocycles. The van der Waals surface area contributed by atoms with Crippen LogP contribution >= 0.6 is 24.0 Å². The summed E-state index contributed by atoms with van der Waals surface area (Å²) in [6.45, 7) is 8.99. The zero-order valence-corrected chi connectivity index (χ0v) is 15.5. The fourth-order valence-electron chi connectivity index (χ4n) is 3.06. The van der Waals surface area contributed by atoms with E-state index in [-0.39, 0.29) is 24.0 Å². The summed E-state index contributed by atoms with van der Waals surface area (Å²) in [5, 5.41) is 7.24. The lowest BCUT2D eigenvalue weighted by Gasteiger charge is -2.24. The number of nitrogens with one attached hydrogen (secondary N) is 1. The van der Waals surface area contributed by atoms with Crippen molar-refractivity contribution in [2.24, 2.45) is 10.4 Å². The molecule has 2 saturated heterocycles. The van der Waals surface area contributed by atoms with Gasteiger partial charge in [-0.3, -0.25) is 0 Å². The minimum Gasteiger partial charge on any atom is -0.381 e. The van der Waals surface area contributed by atoms with Gasteiger partial charge in [0, 0.05) is 38.6 Å². The van der Waals surface area contributed by atoms with Crippen LogP contribution in [0.3, 0.4) is 0 Å². The molecule has 8 heteroatoms. The summed E-state index contributed by atoms with van der Waals surface area (Å²) in [6, 6.07) is 0. The number of aryl methyl sites for hydroxylation is 1. The van der Waals surface area contributed by atoms with Gasteiger partial charge in [-0.2, -0.15) is 4.98 Å². The number of hydrogen-bond acceptors (Lipinski definition) is 5. The largest absolute Gasteiger partial charge is 0.381 e. The molecule has 0 radical (unpaired) electrons. The van der Waals surface area contributed by atoms with Crippen molar-refractivity contribution < 1.29 is 9.26 Å². The van der Waals surface area contributed by atoms with E-state index in [0.717, 1.165) is 45.2 Å². The SMILES string of the molecule is CCNC(=NCc1noc(C)n1)N1CCC2(CCOC2)C1.I. The lowest BCUT2D eigenvalue weighted by atomic mass is 9.87. The average molecular weight is 421 g/mol. The second-order valence-corrected chi connectivity index (χ2v) is 5.87. The topological polar surface area (TPSA) is 75.8 Å². The van der Waals surface area contributed by atoms with Crippen molar-refractivity contribution in [3.8, 4) is 0 Å². The first-order chi connectivity index (χ1) is 10.2. The lowest BCUT2D eigenvalue weighted by Crippen LogP contribution is -2.41. The van der Waals surface area contributed by atoms with E-state index in [1.54, 1.807) is 6.92 Å². The normalized spacial score (nSPS) is 24.8. The first kappa shape index (κ1) is 17.5. The van der Waals surface area contributed by atoms with Gasteiger partial charge in [-0.25, -0.2) is 4.99 Å². The summed E-state index contributed by atoms with van der Waals surface area (Å²) in [5.41, 5.74) is 0.332. The number of hydrogen-bond donors (Lipinski definition) is 1. The maximum absolute atomic E-state index is 5.58. The van der Waals surface area contributed by atoms with E-state index >= 15 is 0 Å². The molecule has 2 aliphatic rings. The molecule has 0 amide bonds. The van der Waals surface area contributed by atoms with Gasteiger partial charge in [0.2, 0.25) is 5.89 Å². The van der Waals surface area contributed by atoms with Crippen LogP contribution in [-0.4, -0.2) is 53.8 Å². The molecule has 1 aromatic rings. The Bertz CT molecular complexity index is 513. The highest BCUT2D eigenvalue weighted by Gasteiger charge is 2.42. The Morgan fingerprint density at radius 2 is 2.32 bits per heavy atom. The van der Waals surface area contributed by atoms with Crippen LogP contribution in [0.2, 0.25) is 0 Å². The molecule has 124 valence electrons. The van der Waals surface area contributed by atoms with E-state index in [2.05, 4.69) is 32.3 Å². The standard InChI is InChI=1S/C14H23N5O2.HI/c1-3-15-13(16-8-12-17-11(2)21-18-12)19-6-4-14(9-19)5-7-20-10-14;/h3-10H2,1-2H3,(H,15,16);1H. The van der Waals surface area contributed by atoms with Crippen molar-refractivity contribution in [3.05, 3.63) is 11.7 Å². The van der Waals surface area contributed by atoms with Gasteiger partial charge in [0.1, 0.15) is 6.54 Å². The predicted molar refractivity (Wildman–Crippen MR) is 93.3 cm³/mol. The van der Waals surface area contributed by atoms with Crippen LogP contribution in [0.25, 0.3) is 0 Å². The molecule has 1 N–H and O–H groups in total. The third-order valence-corrected chi connectivity index (χ3v) is 4.20. The van der Waals surface area contributed by atoms with Gasteiger partial charge in [-0.15, -0.1) is 24.0 Å². The number of ether oxygens (including phenoxy) is 1. The van der Waals surface area contributed by atoms with Gasteiger partial charge in [0.15, 0.2) is 11.8 Å². The molecule has 0 aromatic carbocycles. The molecule has 0 bridgehead atoms. The van der Waals surface area contributed by atoms with Crippen LogP contribution in [0.1, 0.15) is 31.5 Å². The van der Waals surface area contributed by atoms with Gasteiger partial charge < -0.3 is 19.5 Å². The Labute approximate surface area is 147 Å². The van der Waals surface area contributed by atoms with Gasteiger partial charge in [-0.05, 0) is 19.8 Å². The molecule has 1 aromatic heterocycles. The van der Waals surface area contributed by atoms with E-state index < -0.39 is 0 Å². The number of guanidine groups is 1.